The number of nitrogens with zero attached hydrogens (tertiary/aromatic N) is 3. The Morgan fingerprint density at radius 3 is 2.62 bits per heavy atom. The van der Waals surface area contributed by atoms with E-state index < -0.39 is 5.82 Å². The van der Waals surface area contributed by atoms with E-state index in [1.165, 1.54) is 47.4 Å². The van der Waals surface area contributed by atoms with Crippen molar-refractivity contribution in [2.24, 2.45) is 5.92 Å². The number of aromatic nitrogens is 1. The van der Waals surface area contributed by atoms with Crippen LogP contribution in [0, 0.1) is 17.6 Å². The third-order valence-electron chi connectivity index (χ3n) is 5.85. The number of hydrogen-bond acceptors (Lipinski definition) is 4. The molecule has 1 aliphatic rings. The molecule has 0 spiro atoms. The van der Waals surface area contributed by atoms with Crippen molar-refractivity contribution in [2.75, 3.05) is 18.0 Å². The number of para-hydroxylation sites is 1. The SMILES string of the molecule is CC(=O)N(c1nc(/C=C/C(=O)N2CCC(Cc3cccc(F)c3)CC2)cs1)c1ccccc1F. The van der Waals surface area contributed by atoms with Crippen molar-refractivity contribution in [3.63, 3.8) is 0 Å². The lowest BCUT2D eigenvalue weighted by Crippen LogP contribution is -2.37. The normalized spacial score (nSPS) is 14.5. The fourth-order valence-corrected chi connectivity index (χ4v) is 4.96. The second-order valence-electron chi connectivity index (χ2n) is 8.30. The Bertz CT molecular complexity index is 1200. The highest BCUT2D eigenvalue weighted by molar-refractivity contribution is 7.14. The first kappa shape index (κ1) is 23.8. The van der Waals surface area contributed by atoms with E-state index in [9.17, 15) is 18.4 Å². The molecule has 1 aromatic heterocycles. The maximum atomic E-state index is 14.2. The average Bonchev–Trinajstić information content (AvgIpc) is 3.27. The second-order valence-corrected chi connectivity index (χ2v) is 9.13. The predicted octanol–water partition coefficient (Wildman–Crippen LogP) is 5.60. The fraction of sp³-hybridized carbons (Fsp3) is 0.269. The zero-order chi connectivity index (χ0) is 24.1. The molecule has 2 amide bonds. The number of carbonyl (C=O) groups is 2. The lowest BCUT2D eigenvalue weighted by Gasteiger charge is -2.31. The summed E-state index contributed by atoms with van der Waals surface area (Å²) in [4.78, 5) is 32.2. The highest BCUT2D eigenvalue weighted by Gasteiger charge is 2.23. The molecule has 1 fully saturated rings. The van der Waals surface area contributed by atoms with Gasteiger partial charge >= 0.3 is 0 Å². The van der Waals surface area contributed by atoms with Crippen LogP contribution in [0.25, 0.3) is 6.08 Å². The summed E-state index contributed by atoms with van der Waals surface area (Å²) in [6, 6.07) is 12.7. The number of likely N-dealkylation sites (tertiary alicyclic amines) is 1. The molecule has 176 valence electrons. The first-order chi connectivity index (χ1) is 16.4. The first-order valence-electron chi connectivity index (χ1n) is 11.1. The van der Waals surface area contributed by atoms with Gasteiger partial charge in [0.25, 0.3) is 0 Å². The first-order valence-corrected chi connectivity index (χ1v) is 12.0. The Labute approximate surface area is 201 Å². The molecule has 0 N–H and O–H groups in total. The van der Waals surface area contributed by atoms with Gasteiger partial charge in [-0.15, -0.1) is 11.3 Å². The van der Waals surface area contributed by atoms with Crippen molar-refractivity contribution < 1.29 is 18.4 Å². The summed E-state index contributed by atoms with van der Waals surface area (Å²) in [7, 11) is 0. The van der Waals surface area contributed by atoms with Crippen LogP contribution in [0.1, 0.15) is 31.0 Å². The highest BCUT2D eigenvalue weighted by atomic mass is 32.1. The summed E-state index contributed by atoms with van der Waals surface area (Å²) in [5.74, 6) is -0.767. The number of halogens is 2. The molecule has 1 aliphatic heterocycles. The Balaban J connectivity index is 1.35. The van der Waals surface area contributed by atoms with Gasteiger partial charge in [0.05, 0.1) is 11.4 Å². The van der Waals surface area contributed by atoms with Gasteiger partial charge in [0.15, 0.2) is 5.13 Å². The van der Waals surface area contributed by atoms with Crippen LogP contribution in [0.15, 0.2) is 60.0 Å². The molecule has 0 atom stereocenters. The quantitative estimate of drug-likeness (QED) is 0.431. The van der Waals surface area contributed by atoms with Gasteiger partial charge in [-0.05, 0) is 61.1 Å². The van der Waals surface area contributed by atoms with Gasteiger partial charge in [-0.25, -0.2) is 13.8 Å². The van der Waals surface area contributed by atoms with Crippen LogP contribution in [0.2, 0.25) is 0 Å². The summed E-state index contributed by atoms with van der Waals surface area (Å²) in [5.41, 5.74) is 1.65. The van der Waals surface area contributed by atoms with E-state index in [1.54, 1.807) is 40.6 Å². The molecule has 2 aromatic carbocycles. The second kappa shape index (κ2) is 10.7. The van der Waals surface area contributed by atoms with Crippen LogP contribution in [0.4, 0.5) is 19.6 Å². The van der Waals surface area contributed by atoms with Crippen LogP contribution >= 0.6 is 11.3 Å². The van der Waals surface area contributed by atoms with E-state index >= 15 is 0 Å². The Hall–Kier alpha value is -3.39. The minimum Gasteiger partial charge on any atom is -0.339 e. The zero-order valence-corrected chi connectivity index (χ0v) is 19.6. The Morgan fingerprint density at radius 1 is 1.15 bits per heavy atom. The van der Waals surface area contributed by atoms with E-state index in [1.807, 2.05) is 6.07 Å². The van der Waals surface area contributed by atoms with E-state index in [-0.39, 0.29) is 23.3 Å². The number of amides is 2. The number of carbonyl (C=O) groups excluding carboxylic acids is 2. The number of rotatable bonds is 6. The average molecular weight is 482 g/mol. The Kier molecular flexibility index (Phi) is 7.47. The number of anilines is 2. The molecule has 0 saturated carbocycles. The van der Waals surface area contributed by atoms with Gasteiger partial charge in [-0.3, -0.25) is 14.5 Å². The minimum absolute atomic E-state index is 0.101. The summed E-state index contributed by atoms with van der Waals surface area (Å²) in [5, 5.41) is 2.06. The number of benzene rings is 2. The lowest BCUT2D eigenvalue weighted by atomic mass is 9.90. The van der Waals surface area contributed by atoms with Gasteiger partial charge in [-0.2, -0.15) is 0 Å². The third-order valence-corrected chi connectivity index (χ3v) is 6.69. The van der Waals surface area contributed by atoms with Gasteiger partial charge < -0.3 is 4.90 Å². The maximum absolute atomic E-state index is 14.2. The molecular formula is C26H25F2N3O2S. The Morgan fingerprint density at radius 2 is 1.91 bits per heavy atom. The van der Waals surface area contributed by atoms with Gasteiger partial charge in [0.1, 0.15) is 11.6 Å². The fourth-order valence-electron chi connectivity index (χ4n) is 4.11. The molecule has 3 aromatic rings. The molecule has 1 saturated heterocycles. The molecule has 0 radical (unpaired) electrons. The molecule has 0 aliphatic carbocycles. The highest BCUT2D eigenvalue weighted by Crippen LogP contribution is 2.31. The summed E-state index contributed by atoms with van der Waals surface area (Å²) >= 11 is 1.20. The molecule has 5 nitrogen and oxygen atoms in total. The van der Waals surface area contributed by atoms with Crippen molar-refractivity contribution in [3.05, 3.63) is 82.9 Å². The van der Waals surface area contributed by atoms with Gasteiger partial charge in [-0.1, -0.05) is 24.3 Å². The van der Waals surface area contributed by atoms with Crippen molar-refractivity contribution in [1.82, 2.24) is 9.88 Å². The topological polar surface area (TPSA) is 53.5 Å². The molecule has 2 heterocycles. The van der Waals surface area contributed by atoms with E-state index in [2.05, 4.69) is 4.98 Å². The van der Waals surface area contributed by atoms with Gasteiger partial charge in [0, 0.05) is 31.5 Å². The zero-order valence-electron chi connectivity index (χ0n) is 18.8. The molecule has 34 heavy (non-hydrogen) atoms. The third kappa shape index (κ3) is 5.75. The molecule has 0 unspecified atom stereocenters. The number of piperidine rings is 1. The predicted molar refractivity (Wildman–Crippen MR) is 130 cm³/mol. The van der Waals surface area contributed by atoms with Crippen LogP contribution < -0.4 is 4.90 Å². The van der Waals surface area contributed by atoms with Gasteiger partial charge in [0.2, 0.25) is 11.8 Å². The largest absolute Gasteiger partial charge is 0.339 e. The van der Waals surface area contributed by atoms with E-state index in [0.717, 1.165) is 24.8 Å². The number of hydrogen-bond donors (Lipinski definition) is 0. The summed E-state index contributed by atoms with van der Waals surface area (Å²) < 4.78 is 27.6. The monoisotopic (exact) mass is 481 g/mol. The van der Waals surface area contributed by atoms with Crippen molar-refractivity contribution >= 4 is 40.0 Å². The standard InChI is InChI=1S/C26H25F2N3O2S/c1-18(32)31(24-8-3-2-7-23(24)28)26-29-22(17-34-26)9-10-25(33)30-13-11-19(12-14-30)15-20-5-4-6-21(27)16-20/h2-10,16-17,19H,11-15H2,1H3/b10-9+. The van der Waals surface area contributed by atoms with Crippen LogP contribution in [-0.4, -0.2) is 34.8 Å². The van der Waals surface area contributed by atoms with Crippen LogP contribution in [-0.2, 0) is 16.0 Å². The maximum Gasteiger partial charge on any atom is 0.246 e. The summed E-state index contributed by atoms with van der Waals surface area (Å²) in [6.45, 7) is 2.65. The van der Waals surface area contributed by atoms with Crippen molar-refractivity contribution in [3.8, 4) is 0 Å². The molecule has 8 heteroatoms. The minimum atomic E-state index is -0.513. The van der Waals surface area contributed by atoms with Crippen LogP contribution in [0.3, 0.4) is 0 Å². The molecular weight excluding hydrogens is 456 g/mol. The van der Waals surface area contributed by atoms with Crippen LogP contribution in [0.5, 0.6) is 0 Å². The van der Waals surface area contributed by atoms with Crippen molar-refractivity contribution in [1.29, 1.82) is 0 Å². The molecule has 0 bridgehead atoms. The van der Waals surface area contributed by atoms with E-state index in [4.69, 9.17) is 0 Å². The smallest absolute Gasteiger partial charge is 0.246 e. The summed E-state index contributed by atoms with van der Waals surface area (Å²) in [6.07, 6.45) is 5.64. The van der Waals surface area contributed by atoms with Crippen molar-refractivity contribution in [2.45, 2.75) is 26.2 Å². The van der Waals surface area contributed by atoms with E-state index in [0.29, 0.717) is 29.8 Å². The number of thiazole rings is 1. The molecule has 4 rings (SSSR count). The lowest BCUT2D eigenvalue weighted by molar-refractivity contribution is -0.127.